The molecular weight excluding hydrogens is 427 g/mol. The van der Waals surface area contributed by atoms with Gasteiger partial charge in [-0.1, -0.05) is 26.7 Å². The van der Waals surface area contributed by atoms with Crippen LogP contribution in [0.1, 0.15) is 57.6 Å². The lowest BCUT2D eigenvalue weighted by molar-refractivity contribution is 0.206. The first-order valence-electron chi connectivity index (χ1n) is 9.43. The highest BCUT2D eigenvalue weighted by Gasteiger charge is 2.26. The standard InChI is InChI=1S/C18H32N6.HI/c1-13-9-14(2)12-24(11-13)18(20-16-7-5-6-8-16)19-10-17-22-21-15(3)23(17)4;/h13-14,16H,5-12H2,1-4H3,(H,19,20);1H. The van der Waals surface area contributed by atoms with Crippen LogP contribution < -0.4 is 5.32 Å². The zero-order chi connectivity index (χ0) is 17.1. The van der Waals surface area contributed by atoms with Crippen LogP contribution in [0, 0.1) is 18.8 Å². The number of hydrogen-bond acceptors (Lipinski definition) is 3. The molecule has 2 atom stereocenters. The Hall–Kier alpha value is -0.860. The zero-order valence-electron chi connectivity index (χ0n) is 16.0. The van der Waals surface area contributed by atoms with Crippen molar-refractivity contribution in [3.63, 3.8) is 0 Å². The normalized spacial score (nSPS) is 25.1. The van der Waals surface area contributed by atoms with E-state index >= 15 is 0 Å². The van der Waals surface area contributed by atoms with Crippen molar-refractivity contribution in [3.05, 3.63) is 11.6 Å². The van der Waals surface area contributed by atoms with E-state index in [0.29, 0.717) is 12.6 Å². The second-order valence-corrected chi connectivity index (χ2v) is 7.84. The third-order valence-electron chi connectivity index (χ3n) is 5.41. The Bertz CT molecular complexity index is 568. The van der Waals surface area contributed by atoms with Gasteiger partial charge in [0.05, 0.1) is 0 Å². The number of aliphatic imine (C=N–C) groups is 1. The molecule has 0 spiro atoms. The number of halogens is 1. The van der Waals surface area contributed by atoms with E-state index in [1.165, 1.54) is 32.1 Å². The van der Waals surface area contributed by atoms with Crippen LogP contribution in [0.5, 0.6) is 0 Å². The topological polar surface area (TPSA) is 58.3 Å². The minimum atomic E-state index is 0. The first-order chi connectivity index (χ1) is 11.5. The van der Waals surface area contributed by atoms with Crippen molar-refractivity contribution in [2.45, 2.75) is 65.5 Å². The molecular formula is C18H33IN6. The van der Waals surface area contributed by atoms with E-state index in [-0.39, 0.29) is 24.0 Å². The van der Waals surface area contributed by atoms with Crippen molar-refractivity contribution in [1.82, 2.24) is 25.0 Å². The van der Waals surface area contributed by atoms with Crippen LogP contribution in [0.25, 0.3) is 0 Å². The maximum absolute atomic E-state index is 4.93. The number of guanidine groups is 1. The third-order valence-corrected chi connectivity index (χ3v) is 5.41. The highest BCUT2D eigenvalue weighted by atomic mass is 127. The van der Waals surface area contributed by atoms with Gasteiger partial charge in [0.25, 0.3) is 0 Å². The van der Waals surface area contributed by atoms with Gasteiger partial charge in [-0.25, -0.2) is 4.99 Å². The van der Waals surface area contributed by atoms with Crippen molar-refractivity contribution in [2.24, 2.45) is 23.9 Å². The first kappa shape index (κ1) is 20.5. The predicted octanol–water partition coefficient (Wildman–Crippen LogP) is 3.11. The Morgan fingerprint density at radius 2 is 1.80 bits per heavy atom. The summed E-state index contributed by atoms with van der Waals surface area (Å²) in [5.41, 5.74) is 0. The molecule has 7 heteroatoms. The molecule has 2 fully saturated rings. The molecule has 0 amide bonds. The summed E-state index contributed by atoms with van der Waals surface area (Å²) in [5, 5.41) is 12.1. The van der Waals surface area contributed by atoms with Gasteiger partial charge in [-0.2, -0.15) is 0 Å². The number of likely N-dealkylation sites (tertiary alicyclic amines) is 1. The number of nitrogens with zero attached hydrogens (tertiary/aromatic N) is 5. The zero-order valence-corrected chi connectivity index (χ0v) is 18.4. The number of aryl methyl sites for hydroxylation is 1. The Morgan fingerprint density at radius 1 is 1.16 bits per heavy atom. The van der Waals surface area contributed by atoms with E-state index < -0.39 is 0 Å². The van der Waals surface area contributed by atoms with Crippen molar-refractivity contribution < 1.29 is 0 Å². The average Bonchev–Trinajstić information content (AvgIpc) is 3.15. The molecule has 0 aromatic carbocycles. The molecule has 1 aromatic heterocycles. The fraction of sp³-hybridized carbons (Fsp3) is 0.833. The highest BCUT2D eigenvalue weighted by molar-refractivity contribution is 14.0. The van der Waals surface area contributed by atoms with E-state index in [1.54, 1.807) is 0 Å². The molecule has 1 N–H and O–H groups in total. The number of piperidine rings is 1. The lowest BCUT2D eigenvalue weighted by Gasteiger charge is -2.38. The molecule has 1 saturated heterocycles. The molecule has 1 aromatic rings. The molecule has 0 radical (unpaired) electrons. The largest absolute Gasteiger partial charge is 0.353 e. The quantitative estimate of drug-likeness (QED) is 0.428. The summed E-state index contributed by atoms with van der Waals surface area (Å²) in [6.45, 7) is 9.46. The summed E-state index contributed by atoms with van der Waals surface area (Å²) in [7, 11) is 2.01. The lowest BCUT2D eigenvalue weighted by Crippen LogP contribution is -2.50. The van der Waals surface area contributed by atoms with Gasteiger partial charge < -0.3 is 14.8 Å². The van der Waals surface area contributed by atoms with E-state index in [0.717, 1.165) is 42.5 Å². The summed E-state index contributed by atoms with van der Waals surface area (Å²) in [6.07, 6.45) is 6.51. The molecule has 6 nitrogen and oxygen atoms in total. The van der Waals surface area contributed by atoms with Crippen LogP contribution in [0.4, 0.5) is 0 Å². The van der Waals surface area contributed by atoms with Crippen LogP contribution >= 0.6 is 24.0 Å². The van der Waals surface area contributed by atoms with E-state index in [4.69, 9.17) is 4.99 Å². The third kappa shape index (κ3) is 5.31. The van der Waals surface area contributed by atoms with E-state index in [9.17, 15) is 0 Å². The molecule has 2 aliphatic rings. The fourth-order valence-corrected chi connectivity index (χ4v) is 4.06. The number of nitrogens with one attached hydrogen (secondary N) is 1. The van der Waals surface area contributed by atoms with Crippen LogP contribution in [0.2, 0.25) is 0 Å². The Balaban J connectivity index is 0.00000225. The smallest absolute Gasteiger partial charge is 0.194 e. The Labute approximate surface area is 168 Å². The van der Waals surface area contributed by atoms with Gasteiger partial charge in [0.15, 0.2) is 11.8 Å². The number of aromatic nitrogens is 3. The molecule has 1 aliphatic heterocycles. The minimum Gasteiger partial charge on any atom is -0.353 e. The van der Waals surface area contributed by atoms with Crippen molar-refractivity contribution in [1.29, 1.82) is 0 Å². The van der Waals surface area contributed by atoms with Gasteiger partial charge >= 0.3 is 0 Å². The van der Waals surface area contributed by atoms with Crippen LogP contribution in [0.15, 0.2) is 4.99 Å². The molecule has 142 valence electrons. The number of hydrogen-bond donors (Lipinski definition) is 1. The van der Waals surface area contributed by atoms with Gasteiger partial charge in [0.2, 0.25) is 0 Å². The van der Waals surface area contributed by atoms with Gasteiger partial charge in [-0.05, 0) is 38.0 Å². The van der Waals surface area contributed by atoms with Gasteiger partial charge in [0, 0.05) is 26.2 Å². The van der Waals surface area contributed by atoms with Crippen molar-refractivity contribution in [3.8, 4) is 0 Å². The molecule has 2 unspecified atom stereocenters. The van der Waals surface area contributed by atoms with E-state index in [1.807, 2.05) is 18.5 Å². The first-order valence-corrected chi connectivity index (χ1v) is 9.43. The van der Waals surface area contributed by atoms with Gasteiger partial charge in [-0.15, -0.1) is 34.2 Å². The molecule has 1 aliphatic carbocycles. The minimum absolute atomic E-state index is 0. The van der Waals surface area contributed by atoms with Crippen LogP contribution in [-0.4, -0.2) is 44.8 Å². The van der Waals surface area contributed by atoms with Crippen LogP contribution in [0.3, 0.4) is 0 Å². The van der Waals surface area contributed by atoms with Crippen molar-refractivity contribution >= 4 is 29.9 Å². The molecule has 2 heterocycles. The Kier molecular flexibility index (Phi) is 7.51. The second kappa shape index (κ2) is 9.19. The summed E-state index contributed by atoms with van der Waals surface area (Å²) in [4.78, 5) is 7.39. The maximum Gasteiger partial charge on any atom is 0.194 e. The average molecular weight is 460 g/mol. The van der Waals surface area contributed by atoms with Gasteiger partial charge in [0.1, 0.15) is 12.4 Å². The summed E-state index contributed by atoms with van der Waals surface area (Å²) in [5.74, 6) is 4.38. The van der Waals surface area contributed by atoms with E-state index in [2.05, 4.69) is 34.3 Å². The molecule has 1 saturated carbocycles. The summed E-state index contributed by atoms with van der Waals surface area (Å²) < 4.78 is 2.03. The van der Waals surface area contributed by atoms with Crippen molar-refractivity contribution in [2.75, 3.05) is 13.1 Å². The fourth-order valence-electron chi connectivity index (χ4n) is 4.06. The monoisotopic (exact) mass is 460 g/mol. The maximum atomic E-state index is 4.93. The Morgan fingerprint density at radius 3 is 2.36 bits per heavy atom. The number of rotatable bonds is 3. The molecule has 3 rings (SSSR count). The molecule has 0 bridgehead atoms. The predicted molar refractivity (Wildman–Crippen MR) is 112 cm³/mol. The lowest BCUT2D eigenvalue weighted by atomic mass is 9.92. The summed E-state index contributed by atoms with van der Waals surface area (Å²) >= 11 is 0. The van der Waals surface area contributed by atoms with Crippen LogP contribution in [-0.2, 0) is 13.6 Å². The van der Waals surface area contributed by atoms with Gasteiger partial charge in [-0.3, -0.25) is 0 Å². The summed E-state index contributed by atoms with van der Waals surface area (Å²) in [6, 6.07) is 0.581. The second-order valence-electron chi connectivity index (χ2n) is 7.84. The molecule has 25 heavy (non-hydrogen) atoms. The SMILES string of the molecule is Cc1nnc(CN=C(NC2CCCC2)N2CC(C)CC(C)C2)n1C.I. The highest BCUT2D eigenvalue weighted by Crippen LogP contribution is 2.23.